The monoisotopic (exact) mass is 568 g/mol. The number of carbonyl (C=O) groups is 4. The van der Waals surface area contributed by atoms with Gasteiger partial charge in [-0.15, -0.1) is 0 Å². The van der Waals surface area contributed by atoms with Gasteiger partial charge in [-0.3, -0.25) is 14.4 Å². The van der Waals surface area contributed by atoms with Gasteiger partial charge in [0, 0.05) is 18.7 Å². The number of amides is 4. The number of unbranched alkanes of at least 4 members (excludes halogenated alkanes) is 4. The Morgan fingerprint density at radius 2 is 1.59 bits per heavy atom. The first-order valence-corrected chi connectivity index (χ1v) is 14.1. The minimum atomic E-state index is -1.38. The van der Waals surface area contributed by atoms with Crippen LogP contribution in [0.1, 0.15) is 83.4 Å². The molecule has 0 aromatic heterocycles. The van der Waals surface area contributed by atoms with Gasteiger partial charge in [-0.1, -0.05) is 81.1 Å². The number of hydrogen-bond acceptors (Lipinski definition) is 6. The van der Waals surface area contributed by atoms with Gasteiger partial charge in [0.2, 0.25) is 17.7 Å². The van der Waals surface area contributed by atoms with Crippen LogP contribution in [0.2, 0.25) is 0 Å². The summed E-state index contributed by atoms with van der Waals surface area (Å²) in [6.45, 7) is 7.45. The van der Waals surface area contributed by atoms with E-state index in [4.69, 9.17) is 10.5 Å². The van der Waals surface area contributed by atoms with Crippen LogP contribution in [0.5, 0.6) is 5.75 Å². The van der Waals surface area contributed by atoms with Crippen molar-refractivity contribution in [3.8, 4) is 5.75 Å². The fourth-order valence-electron chi connectivity index (χ4n) is 4.35. The lowest BCUT2D eigenvalue weighted by Crippen LogP contribution is -2.54. The average Bonchev–Trinajstić information content (AvgIpc) is 2.90. The Hall–Kier alpha value is -4.08. The molecule has 2 aromatic carbocycles. The largest absolute Gasteiger partial charge is 0.508 e. The molecule has 2 unspecified atom stereocenters. The van der Waals surface area contributed by atoms with Gasteiger partial charge in [0.05, 0.1) is 6.42 Å². The molecule has 10 heteroatoms. The van der Waals surface area contributed by atoms with E-state index >= 15 is 0 Å². The molecule has 0 bridgehead atoms. The molecular weight excluding hydrogens is 524 g/mol. The highest BCUT2D eigenvalue weighted by Gasteiger charge is 2.37. The van der Waals surface area contributed by atoms with Crippen LogP contribution in [0, 0.1) is 0 Å². The fraction of sp³-hybridized carbons (Fsp3) is 0.484. The molecule has 0 aliphatic carbocycles. The highest BCUT2D eigenvalue weighted by atomic mass is 16.6. The van der Waals surface area contributed by atoms with Gasteiger partial charge in [0.1, 0.15) is 23.4 Å². The van der Waals surface area contributed by atoms with Gasteiger partial charge in [-0.25, -0.2) is 4.79 Å². The first-order chi connectivity index (χ1) is 19.4. The maximum absolute atomic E-state index is 14.1. The van der Waals surface area contributed by atoms with Crippen molar-refractivity contribution in [2.75, 3.05) is 6.54 Å². The zero-order valence-corrected chi connectivity index (χ0v) is 24.5. The summed E-state index contributed by atoms with van der Waals surface area (Å²) in [4.78, 5) is 53.8. The number of para-hydroxylation sites is 1. The van der Waals surface area contributed by atoms with Crippen LogP contribution < -0.4 is 16.4 Å². The molecule has 0 saturated heterocycles. The Balaban J connectivity index is 2.48. The van der Waals surface area contributed by atoms with Gasteiger partial charge < -0.3 is 31.1 Å². The van der Waals surface area contributed by atoms with E-state index in [1.807, 2.05) is 30.3 Å². The number of nitrogens with one attached hydrogen (secondary N) is 2. The highest BCUT2D eigenvalue weighted by molar-refractivity contribution is 5.94. The van der Waals surface area contributed by atoms with Gasteiger partial charge in [-0.05, 0) is 38.8 Å². The number of nitrogens with two attached hydrogens (primary N) is 1. The number of alkyl carbamates (subject to hydrolysis) is 1. The number of ether oxygens (including phenoxy) is 1. The third-order valence-electron chi connectivity index (χ3n) is 6.28. The molecule has 2 aromatic rings. The molecular formula is C31H44N4O6. The van der Waals surface area contributed by atoms with Crippen LogP contribution in [0.3, 0.4) is 0 Å². The molecule has 0 spiro atoms. The second kappa shape index (κ2) is 16.2. The maximum atomic E-state index is 14.1. The molecule has 224 valence electrons. The number of rotatable bonds is 15. The standard InChI is InChI=1S/C31H44N4O6/c1-5-6-7-8-14-19-35(29(39)24(20-26(32)37)34-30(40)41-31(2,3)4)27(23-17-12-13-18-25(23)36)28(38)33-21-22-15-10-9-11-16-22/h9-13,15-18,24,27,36H,5-8,14,19-21H2,1-4H3,(H2,32,37)(H,33,38)(H,34,40). The lowest BCUT2D eigenvalue weighted by molar-refractivity contribution is -0.143. The van der Waals surface area contributed by atoms with Crippen LogP contribution in [0.15, 0.2) is 54.6 Å². The highest BCUT2D eigenvalue weighted by Crippen LogP contribution is 2.30. The normalized spacial score (nSPS) is 12.6. The maximum Gasteiger partial charge on any atom is 0.408 e. The first-order valence-electron chi connectivity index (χ1n) is 14.1. The van der Waals surface area contributed by atoms with Gasteiger partial charge >= 0.3 is 6.09 Å². The summed E-state index contributed by atoms with van der Waals surface area (Å²) < 4.78 is 5.31. The number of aromatic hydroxyl groups is 1. The molecule has 2 rings (SSSR count). The van der Waals surface area contributed by atoms with Crippen molar-refractivity contribution in [3.63, 3.8) is 0 Å². The molecule has 4 amide bonds. The first kappa shape index (κ1) is 33.1. The predicted octanol–water partition coefficient (Wildman–Crippen LogP) is 4.32. The molecule has 10 nitrogen and oxygen atoms in total. The second-order valence-corrected chi connectivity index (χ2v) is 11.0. The number of phenols is 1. The minimum absolute atomic E-state index is 0.144. The summed E-state index contributed by atoms with van der Waals surface area (Å²) in [6, 6.07) is 13.0. The Labute approximate surface area is 242 Å². The van der Waals surface area contributed by atoms with E-state index in [0.29, 0.717) is 6.42 Å². The topological polar surface area (TPSA) is 151 Å². The van der Waals surface area contributed by atoms with Crippen molar-refractivity contribution < 1.29 is 29.0 Å². The quantitative estimate of drug-likeness (QED) is 0.235. The molecule has 0 fully saturated rings. The van der Waals surface area contributed by atoms with E-state index in [1.54, 1.807) is 39.0 Å². The van der Waals surface area contributed by atoms with E-state index in [0.717, 1.165) is 31.2 Å². The van der Waals surface area contributed by atoms with Crippen LogP contribution >= 0.6 is 0 Å². The van der Waals surface area contributed by atoms with Crippen LogP contribution in [0.25, 0.3) is 0 Å². The Bertz CT molecular complexity index is 1150. The molecule has 0 radical (unpaired) electrons. The van der Waals surface area contributed by atoms with Gasteiger partial charge in [0.15, 0.2) is 0 Å². The average molecular weight is 569 g/mol. The van der Waals surface area contributed by atoms with Crippen LogP contribution in [0.4, 0.5) is 4.79 Å². The Morgan fingerprint density at radius 3 is 2.20 bits per heavy atom. The third kappa shape index (κ3) is 11.5. The lowest BCUT2D eigenvalue weighted by Gasteiger charge is -2.34. The molecule has 5 N–H and O–H groups in total. The summed E-state index contributed by atoms with van der Waals surface area (Å²) in [6.07, 6.45) is 2.98. The van der Waals surface area contributed by atoms with Crippen molar-refractivity contribution in [2.24, 2.45) is 5.73 Å². The van der Waals surface area contributed by atoms with E-state index < -0.39 is 47.9 Å². The number of carbonyl (C=O) groups excluding carboxylic acids is 4. The van der Waals surface area contributed by atoms with E-state index in [-0.39, 0.29) is 24.4 Å². The van der Waals surface area contributed by atoms with Crippen molar-refractivity contribution in [3.05, 3.63) is 65.7 Å². The number of primary amides is 1. The van der Waals surface area contributed by atoms with Crippen molar-refractivity contribution >= 4 is 23.8 Å². The Kier molecular flexibility index (Phi) is 13.1. The zero-order valence-electron chi connectivity index (χ0n) is 24.5. The van der Waals surface area contributed by atoms with Crippen molar-refractivity contribution in [1.29, 1.82) is 0 Å². The summed E-state index contributed by atoms with van der Waals surface area (Å²) in [7, 11) is 0. The smallest absolute Gasteiger partial charge is 0.408 e. The molecule has 2 atom stereocenters. The van der Waals surface area contributed by atoms with E-state index in [2.05, 4.69) is 17.6 Å². The summed E-state index contributed by atoms with van der Waals surface area (Å²) >= 11 is 0. The number of phenolic OH excluding ortho intramolecular Hbond substituents is 1. The fourth-order valence-corrected chi connectivity index (χ4v) is 4.35. The number of nitrogens with zero attached hydrogens (tertiary/aromatic N) is 1. The SMILES string of the molecule is CCCCCCCN(C(=O)C(CC(N)=O)NC(=O)OC(C)(C)C)C(C(=O)NCc1ccccc1)c1ccccc1O. The summed E-state index contributed by atoms with van der Waals surface area (Å²) in [5, 5.41) is 16.1. The Morgan fingerprint density at radius 1 is 0.951 bits per heavy atom. The number of benzene rings is 2. The molecule has 0 aliphatic heterocycles. The molecule has 0 saturated carbocycles. The summed E-state index contributed by atoms with van der Waals surface area (Å²) in [5.74, 6) is -2.18. The van der Waals surface area contributed by atoms with E-state index in [1.165, 1.54) is 11.0 Å². The van der Waals surface area contributed by atoms with E-state index in [9.17, 15) is 24.3 Å². The number of hydrogen-bond donors (Lipinski definition) is 4. The van der Waals surface area contributed by atoms with Gasteiger partial charge in [-0.2, -0.15) is 0 Å². The van der Waals surface area contributed by atoms with Crippen LogP contribution in [-0.2, 0) is 25.7 Å². The summed E-state index contributed by atoms with van der Waals surface area (Å²) in [5.41, 5.74) is 5.68. The van der Waals surface area contributed by atoms with Crippen molar-refractivity contribution in [2.45, 2.75) is 90.4 Å². The predicted molar refractivity (Wildman–Crippen MR) is 157 cm³/mol. The minimum Gasteiger partial charge on any atom is -0.508 e. The molecule has 0 aliphatic rings. The van der Waals surface area contributed by atoms with Crippen LogP contribution in [-0.4, -0.2) is 52.0 Å². The second-order valence-electron chi connectivity index (χ2n) is 11.0. The molecule has 41 heavy (non-hydrogen) atoms. The van der Waals surface area contributed by atoms with Gasteiger partial charge in [0.25, 0.3) is 0 Å². The lowest BCUT2D eigenvalue weighted by atomic mass is 10.00. The molecule has 0 heterocycles. The zero-order chi connectivity index (χ0) is 30.4. The third-order valence-corrected chi connectivity index (χ3v) is 6.28. The van der Waals surface area contributed by atoms with Crippen molar-refractivity contribution in [1.82, 2.24) is 15.5 Å².